The molecule has 17 heavy (non-hydrogen) atoms. The van der Waals surface area contributed by atoms with E-state index < -0.39 is 28.7 Å². The molecule has 0 heterocycles. The highest BCUT2D eigenvalue weighted by Crippen LogP contribution is 2.50. The fourth-order valence-corrected chi connectivity index (χ4v) is 2.57. The fraction of sp³-hybridized carbons (Fsp3) is 0.538. The first-order valence-electron chi connectivity index (χ1n) is 5.50. The van der Waals surface area contributed by atoms with E-state index in [1.807, 2.05) is 20.8 Å². The molecule has 4 nitrogen and oxygen atoms in total. The largest absolute Gasteiger partial charge is 0.481 e. The molecule has 0 amide bonds. The highest BCUT2D eigenvalue weighted by atomic mass is 16.4. The molecule has 4 heteroatoms. The van der Waals surface area contributed by atoms with Gasteiger partial charge in [-0.1, -0.05) is 45.9 Å². The zero-order valence-corrected chi connectivity index (χ0v) is 10.5. The Hall–Kier alpha value is -1.58. The van der Waals surface area contributed by atoms with Gasteiger partial charge in [-0.3, -0.25) is 4.79 Å². The summed E-state index contributed by atoms with van der Waals surface area (Å²) >= 11 is 0. The molecular formula is C13H18O4. The van der Waals surface area contributed by atoms with Crippen molar-refractivity contribution in [3.05, 3.63) is 23.8 Å². The highest BCUT2D eigenvalue weighted by Gasteiger charge is 2.53. The maximum atomic E-state index is 11.6. The summed E-state index contributed by atoms with van der Waals surface area (Å²) in [5, 5.41) is 18.6. The van der Waals surface area contributed by atoms with Gasteiger partial charge in [0.15, 0.2) is 0 Å². The van der Waals surface area contributed by atoms with Crippen molar-refractivity contribution in [2.75, 3.05) is 0 Å². The molecule has 0 spiro atoms. The Labute approximate surface area is 101 Å². The van der Waals surface area contributed by atoms with Crippen LogP contribution >= 0.6 is 0 Å². The van der Waals surface area contributed by atoms with Gasteiger partial charge >= 0.3 is 11.9 Å². The average Bonchev–Trinajstić information content (AvgIpc) is 2.14. The lowest BCUT2D eigenvalue weighted by molar-refractivity contribution is -0.155. The molecule has 0 saturated heterocycles. The van der Waals surface area contributed by atoms with Crippen molar-refractivity contribution >= 4 is 11.9 Å². The maximum absolute atomic E-state index is 11.6. The molecule has 94 valence electrons. The molecule has 0 unspecified atom stereocenters. The molecule has 1 aliphatic rings. The first-order valence-corrected chi connectivity index (χ1v) is 5.50. The molecule has 0 radical (unpaired) electrons. The van der Waals surface area contributed by atoms with Gasteiger partial charge in [0.25, 0.3) is 0 Å². The van der Waals surface area contributed by atoms with Crippen LogP contribution in [0.15, 0.2) is 23.8 Å². The highest BCUT2D eigenvalue weighted by molar-refractivity contribution is 5.91. The van der Waals surface area contributed by atoms with E-state index in [4.69, 9.17) is 5.11 Å². The summed E-state index contributed by atoms with van der Waals surface area (Å²) in [6.07, 6.45) is 4.61. The number of aliphatic carboxylic acids is 2. The number of allylic oxidation sites excluding steroid dienone is 2. The third kappa shape index (κ3) is 1.88. The topological polar surface area (TPSA) is 74.6 Å². The molecule has 0 fully saturated rings. The van der Waals surface area contributed by atoms with Gasteiger partial charge in [0.1, 0.15) is 0 Å². The Morgan fingerprint density at radius 1 is 1.29 bits per heavy atom. The predicted molar refractivity (Wildman–Crippen MR) is 63.5 cm³/mol. The monoisotopic (exact) mass is 238 g/mol. The van der Waals surface area contributed by atoms with E-state index in [0.717, 1.165) is 0 Å². The summed E-state index contributed by atoms with van der Waals surface area (Å²) in [6.45, 7) is 7.09. The predicted octanol–water partition coefficient (Wildman–Crippen LogP) is 2.32. The smallest absolute Gasteiger partial charge is 0.331 e. The van der Waals surface area contributed by atoms with Crippen LogP contribution in [0.5, 0.6) is 0 Å². The number of hydrogen-bond acceptors (Lipinski definition) is 2. The van der Waals surface area contributed by atoms with Crippen LogP contribution in [0.1, 0.15) is 27.7 Å². The van der Waals surface area contributed by atoms with Gasteiger partial charge in [-0.15, -0.1) is 0 Å². The quantitative estimate of drug-likeness (QED) is 0.774. The minimum Gasteiger partial charge on any atom is -0.481 e. The minimum absolute atomic E-state index is 0.143. The van der Waals surface area contributed by atoms with Crippen LogP contribution in [0.2, 0.25) is 0 Å². The van der Waals surface area contributed by atoms with E-state index in [9.17, 15) is 14.7 Å². The Balaban J connectivity index is 3.39. The third-order valence-corrected chi connectivity index (χ3v) is 3.63. The van der Waals surface area contributed by atoms with Crippen LogP contribution in [0.4, 0.5) is 0 Å². The lowest BCUT2D eigenvalue weighted by Crippen LogP contribution is -2.48. The molecular weight excluding hydrogens is 220 g/mol. The summed E-state index contributed by atoms with van der Waals surface area (Å²) < 4.78 is 0. The molecule has 2 atom stereocenters. The van der Waals surface area contributed by atoms with Crippen molar-refractivity contribution in [2.24, 2.45) is 16.7 Å². The molecule has 0 aromatic carbocycles. The SMILES string of the molecule is C[C@H]1C(C(=O)O)=CC=C[C@]1(C(=O)O)C(C)(C)C. The molecule has 1 aliphatic carbocycles. The van der Waals surface area contributed by atoms with Gasteiger partial charge in [0.05, 0.1) is 5.41 Å². The minimum atomic E-state index is -1.19. The molecule has 0 saturated carbocycles. The Kier molecular flexibility index (Phi) is 3.19. The number of carboxylic acid groups (broad SMARTS) is 2. The van der Waals surface area contributed by atoms with E-state index in [1.54, 1.807) is 13.0 Å². The number of hydrogen-bond donors (Lipinski definition) is 2. The first kappa shape index (κ1) is 13.5. The van der Waals surface area contributed by atoms with Crippen molar-refractivity contribution in [3.63, 3.8) is 0 Å². The van der Waals surface area contributed by atoms with Crippen molar-refractivity contribution in [1.82, 2.24) is 0 Å². The van der Waals surface area contributed by atoms with Gasteiger partial charge in [-0.05, 0) is 5.41 Å². The van der Waals surface area contributed by atoms with Gasteiger partial charge in [0.2, 0.25) is 0 Å². The van der Waals surface area contributed by atoms with Gasteiger partial charge in [0, 0.05) is 11.5 Å². The lowest BCUT2D eigenvalue weighted by Gasteiger charge is -2.44. The zero-order chi connectivity index (χ0) is 13.4. The molecule has 1 rings (SSSR count). The van der Waals surface area contributed by atoms with Gasteiger partial charge in [-0.2, -0.15) is 0 Å². The van der Waals surface area contributed by atoms with E-state index in [1.165, 1.54) is 12.2 Å². The van der Waals surface area contributed by atoms with Gasteiger partial charge in [-0.25, -0.2) is 4.79 Å². The molecule has 0 bridgehead atoms. The van der Waals surface area contributed by atoms with Crippen molar-refractivity contribution in [2.45, 2.75) is 27.7 Å². The Morgan fingerprint density at radius 3 is 2.18 bits per heavy atom. The standard InChI is InChI=1S/C13H18O4/c1-8-9(10(14)15)6-5-7-13(8,11(16)17)12(2,3)4/h5-8H,1-4H3,(H,14,15)(H,16,17)/t8-,13-/m0/s1. The van der Waals surface area contributed by atoms with Crippen LogP contribution in [0.3, 0.4) is 0 Å². The summed E-state index contributed by atoms with van der Waals surface area (Å²) in [5.74, 6) is -2.61. The van der Waals surface area contributed by atoms with Crippen LogP contribution in [0, 0.1) is 16.7 Å². The van der Waals surface area contributed by atoms with Crippen molar-refractivity contribution in [1.29, 1.82) is 0 Å². The molecule has 0 aromatic rings. The van der Waals surface area contributed by atoms with E-state index in [-0.39, 0.29) is 5.57 Å². The van der Waals surface area contributed by atoms with Crippen LogP contribution in [-0.4, -0.2) is 22.2 Å². The summed E-state index contributed by atoms with van der Waals surface area (Å²) in [5.41, 5.74) is -1.61. The second-order valence-corrected chi connectivity index (χ2v) is 5.43. The first-order chi connectivity index (χ1) is 7.64. The number of carboxylic acids is 2. The van der Waals surface area contributed by atoms with E-state index >= 15 is 0 Å². The third-order valence-electron chi connectivity index (χ3n) is 3.63. The summed E-state index contributed by atoms with van der Waals surface area (Å²) in [4.78, 5) is 22.7. The molecule has 0 aliphatic heterocycles. The maximum Gasteiger partial charge on any atom is 0.331 e. The second-order valence-electron chi connectivity index (χ2n) is 5.43. The number of carbonyl (C=O) groups is 2. The van der Waals surface area contributed by atoms with E-state index in [2.05, 4.69) is 0 Å². The normalized spacial score (nSPS) is 28.7. The second kappa shape index (κ2) is 4.02. The van der Waals surface area contributed by atoms with Crippen LogP contribution < -0.4 is 0 Å². The summed E-state index contributed by atoms with van der Waals surface area (Å²) in [7, 11) is 0. The van der Waals surface area contributed by atoms with Crippen molar-refractivity contribution in [3.8, 4) is 0 Å². The van der Waals surface area contributed by atoms with Crippen LogP contribution in [-0.2, 0) is 9.59 Å². The summed E-state index contributed by atoms with van der Waals surface area (Å²) in [6, 6.07) is 0. The molecule has 0 aromatic heterocycles. The van der Waals surface area contributed by atoms with Crippen molar-refractivity contribution < 1.29 is 19.8 Å². The fourth-order valence-electron chi connectivity index (χ4n) is 2.57. The van der Waals surface area contributed by atoms with Gasteiger partial charge < -0.3 is 10.2 Å². The Bertz CT molecular complexity index is 412. The van der Waals surface area contributed by atoms with Crippen LogP contribution in [0.25, 0.3) is 0 Å². The molecule has 2 N–H and O–H groups in total. The van der Waals surface area contributed by atoms with E-state index in [0.29, 0.717) is 0 Å². The number of rotatable bonds is 2. The average molecular weight is 238 g/mol. The lowest BCUT2D eigenvalue weighted by atomic mass is 9.57. The Morgan fingerprint density at radius 2 is 1.82 bits per heavy atom. The zero-order valence-electron chi connectivity index (χ0n) is 10.5.